The van der Waals surface area contributed by atoms with Crippen LogP contribution in [0.25, 0.3) is 16.6 Å². The van der Waals surface area contributed by atoms with Gasteiger partial charge in [-0.2, -0.15) is 5.10 Å². The lowest BCUT2D eigenvalue weighted by Crippen LogP contribution is -2.28. The van der Waals surface area contributed by atoms with Gasteiger partial charge in [0.15, 0.2) is 0 Å². The lowest BCUT2D eigenvalue weighted by atomic mass is 9.91. The standard InChI is InChI=1S/C19H18F2N4O/c20-13-6-12-10-25(24-18(12)16(7-13)19(22)26)14-3-4-15(17(21)8-14)11-2-1-5-23-9-11/h3-4,6-8,10-11,23H,1-2,5,9H2,(H2,22,26)/t11-/m0/s1. The molecule has 0 spiro atoms. The molecule has 1 atom stereocenters. The summed E-state index contributed by atoms with van der Waals surface area (Å²) in [5, 5.41) is 8.01. The zero-order valence-corrected chi connectivity index (χ0v) is 14.0. The Kier molecular flexibility index (Phi) is 4.16. The molecule has 2 heterocycles. The maximum Gasteiger partial charge on any atom is 0.251 e. The van der Waals surface area contributed by atoms with Crippen molar-refractivity contribution in [3.63, 3.8) is 0 Å². The molecule has 0 saturated carbocycles. The first-order valence-electron chi connectivity index (χ1n) is 8.52. The number of halogens is 2. The summed E-state index contributed by atoms with van der Waals surface area (Å²) in [6.45, 7) is 1.73. The number of nitrogens with zero attached hydrogens (tertiary/aromatic N) is 2. The van der Waals surface area contributed by atoms with Crippen molar-refractivity contribution in [2.45, 2.75) is 18.8 Å². The number of aromatic nitrogens is 2. The number of piperidine rings is 1. The monoisotopic (exact) mass is 356 g/mol. The summed E-state index contributed by atoms with van der Waals surface area (Å²) in [5.74, 6) is -1.47. The van der Waals surface area contributed by atoms with E-state index in [1.807, 2.05) is 0 Å². The summed E-state index contributed by atoms with van der Waals surface area (Å²) in [4.78, 5) is 11.5. The minimum absolute atomic E-state index is 0.00382. The molecule has 0 radical (unpaired) electrons. The lowest BCUT2D eigenvalue weighted by Gasteiger charge is -2.23. The average Bonchev–Trinajstić information content (AvgIpc) is 3.05. The minimum atomic E-state index is -0.758. The van der Waals surface area contributed by atoms with Crippen molar-refractivity contribution in [1.82, 2.24) is 15.1 Å². The number of carbonyl (C=O) groups excluding carboxylic acids is 1. The molecule has 3 aromatic rings. The van der Waals surface area contributed by atoms with Gasteiger partial charge in [-0.3, -0.25) is 4.79 Å². The molecule has 134 valence electrons. The first-order chi connectivity index (χ1) is 12.5. The van der Waals surface area contributed by atoms with Crippen molar-refractivity contribution in [3.05, 3.63) is 59.3 Å². The van der Waals surface area contributed by atoms with Gasteiger partial charge in [0, 0.05) is 18.1 Å². The molecule has 1 aliphatic rings. The molecule has 0 unspecified atom stereocenters. The van der Waals surface area contributed by atoms with Crippen molar-refractivity contribution in [2.24, 2.45) is 5.73 Å². The van der Waals surface area contributed by atoms with E-state index in [1.54, 1.807) is 18.3 Å². The third kappa shape index (κ3) is 2.94. The number of hydrogen-bond donors (Lipinski definition) is 2. The molecule has 4 rings (SSSR count). The zero-order chi connectivity index (χ0) is 18.3. The second-order valence-electron chi connectivity index (χ2n) is 6.58. The highest BCUT2D eigenvalue weighted by atomic mass is 19.1. The Morgan fingerprint density at radius 2 is 2.12 bits per heavy atom. The van der Waals surface area contributed by atoms with Crippen LogP contribution in [0.1, 0.15) is 34.7 Å². The SMILES string of the molecule is NC(=O)c1cc(F)cc2cn(-c3ccc([C@H]4CCCNC4)c(F)c3)nc12. The van der Waals surface area contributed by atoms with Crippen molar-refractivity contribution < 1.29 is 13.6 Å². The molecule has 3 N–H and O–H groups in total. The fraction of sp³-hybridized carbons (Fsp3) is 0.263. The van der Waals surface area contributed by atoms with E-state index in [1.165, 1.54) is 16.8 Å². The Labute approximate surface area is 148 Å². The van der Waals surface area contributed by atoms with Crippen LogP contribution >= 0.6 is 0 Å². The number of hydrogen-bond acceptors (Lipinski definition) is 3. The van der Waals surface area contributed by atoms with Gasteiger partial charge >= 0.3 is 0 Å². The van der Waals surface area contributed by atoms with Crippen molar-refractivity contribution >= 4 is 16.8 Å². The van der Waals surface area contributed by atoms with E-state index < -0.39 is 11.7 Å². The predicted molar refractivity (Wildman–Crippen MR) is 94.3 cm³/mol. The molecule has 2 aromatic carbocycles. The Morgan fingerprint density at radius 1 is 1.27 bits per heavy atom. The highest BCUT2D eigenvalue weighted by Crippen LogP contribution is 2.28. The summed E-state index contributed by atoms with van der Waals surface area (Å²) >= 11 is 0. The summed E-state index contributed by atoms with van der Waals surface area (Å²) in [6.07, 6.45) is 3.54. The highest BCUT2D eigenvalue weighted by Gasteiger charge is 2.19. The van der Waals surface area contributed by atoms with Crippen molar-refractivity contribution in [3.8, 4) is 5.69 Å². The molecule has 1 fully saturated rings. The van der Waals surface area contributed by atoms with E-state index in [0.29, 0.717) is 22.2 Å². The normalized spacial score (nSPS) is 17.5. The van der Waals surface area contributed by atoms with Crippen LogP contribution in [0.4, 0.5) is 8.78 Å². The number of nitrogens with one attached hydrogen (secondary N) is 1. The Balaban J connectivity index is 1.74. The first-order valence-corrected chi connectivity index (χ1v) is 8.52. The van der Waals surface area contributed by atoms with E-state index in [4.69, 9.17) is 5.73 Å². The predicted octanol–water partition coefficient (Wildman–Crippen LogP) is 2.87. The molecule has 1 amide bonds. The van der Waals surface area contributed by atoms with Crippen LogP contribution in [0.15, 0.2) is 36.5 Å². The summed E-state index contributed by atoms with van der Waals surface area (Å²) in [5.41, 5.74) is 6.78. The van der Waals surface area contributed by atoms with Crippen LogP contribution in [0, 0.1) is 11.6 Å². The van der Waals surface area contributed by atoms with Crippen LogP contribution in [-0.2, 0) is 0 Å². The number of nitrogens with two attached hydrogens (primary N) is 1. The largest absolute Gasteiger partial charge is 0.366 e. The van der Waals surface area contributed by atoms with Crippen LogP contribution in [0.5, 0.6) is 0 Å². The van der Waals surface area contributed by atoms with E-state index >= 15 is 0 Å². The Morgan fingerprint density at radius 3 is 2.81 bits per heavy atom. The van der Waals surface area contributed by atoms with Gasteiger partial charge < -0.3 is 11.1 Å². The molecule has 0 bridgehead atoms. The molecule has 1 aromatic heterocycles. The first kappa shape index (κ1) is 16.7. The molecule has 0 aliphatic carbocycles. The molecule has 5 nitrogen and oxygen atoms in total. The van der Waals surface area contributed by atoms with Crippen LogP contribution < -0.4 is 11.1 Å². The van der Waals surface area contributed by atoms with E-state index in [9.17, 15) is 13.6 Å². The van der Waals surface area contributed by atoms with E-state index in [0.717, 1.165) is 32.0 Å². The summed E-state index contributed by atoms with van der Waals surface area (Å²) < 4.78 is 29.8. The topological polar surface area (TPSA) is 72.9 Å². The van der Waals surface area contributed by atoms with Gasteiger partial charge in [-0.1, -0.05) is 6.07 Å². The molecular weight excluding hydrogens is 338 g/mol. The van der Waals surface area contributed by atoms with Gasteiger partial charge in [0.1, 0.15) is 17.2 Å². The minimum Gasteiger partial charge on any atom is -0.366 e. The number of carbonyl (C=O) groups is 1. The lowest BCUT2D eigenvalue weighted by molar-refractivity contribution is 0.100. The third-order valence-electron chi connectivity index (χ3n) is 4.82. The number of amides is 1. The van der Waals surface area contributed by atoms with E-state index in [2.05, 4.69) is 10.4 Å². The van der Waals surface area contributed by atoms with Crippen LogP contribution in [0.2, 0.25) is 0 Å². The van der Waals surface area contributed by atoms with Crippen LogP contribution in [-0.4, -0.2) is 28.8 Å². The van der Waals surface area contributed by atoms with Gasteiger partial charge in [0.25, 0.3) is 5.91 Å². The van der Waals surface area contributed by atoms with E-state index in [-0.39, 0.29) is 17.3 Å². The number of primary amides is 1. The van der Waals surface area contributed by atoms with Gasteiger partial charge in [-0.25, -0.2) is 13.5 Å². The molecule has 1 aliphatic heterocycles. The molecule has 1 saturated heterocycles. The summed E-state index contributed by atoms with van der Waals surface area (Å²) in [7, 11) is 0. The smallest absolute Gasteiger partial charge is 0.251 e. The fourth-order valence-electron chi connectivity index (χ4n) is 3.53. The number of rotatable bonds is 3. The number of benzene rings is 2. The molecular formula is C19H18F2N4O. The Bertz CT molecular complexity index is 993. The second-order valence-corrected chi connectivity index (χ2v) is 6.58. The molecule has 7 heteroatoms. The van der Waals surface area contributed by atoms with Crippen molar-refractivity contribution in [1.29, 1.82) is 0 Å². The molecule has 26 heavy (non-hydrogen) atoms. The van der Waals surface area contributed by atoms with Gasteiger partial charge in [-0.05, 0) is 55.1 Å². The summed E-state index contributed by atoms with van der Waals surface area (Å²) in [6, 6.07) is 7.28. The van der Waals surface area contributed by atoms with Gasteiger partial charge in [0.05, 0.1) is 11.3 Å². The highest BCUT2D eigenvalue weighted by molar-refractivity contribution is 6.04. The zero-order valence-electron chi connectivity index (χ0n) is 14.0. The van der Waals surface area contributed by atoms with Gasteiger partial charge in [-0.15, -0.1) is 0 Å². The van der Waals surface area contributed by atoms with Gasteiger partial charge in [0.2, 0.25) is 0 Å². The van der Waals surface area contributed by atoms with Crippen molar-refractivity contribution in [2.75, 3.05) is 13.1 Å². The maximum absolute atomic E-state index is 14.6. The quantitative estimate of drug-likeness (QED) is 0.758. The van der Waals surface area contributed by atoms with Crippen LogP contribution in [0.3, 0.4) is 0 Å². The fourth-order valence-corrected chi connectivity index (χ4v) is 3.53. The Hall–Kier alpha value is -2.80. The second kappa shape index (κ2) is 6.49. The maximum atomic E-state index is 14.6. The third-order valence-corrected chi connectivity index (χ3v) is 4.82. The average molecular weight is 356 g/mol. The number of fused-ring (bicyclic) bond motifs is 1.